The van der Waals surface area contributed by atoms with Gasteiger partial charge in [-0.2, -0.15) is 0 Å². The molecule has 1 aromatic carbocycles. The molecular formula is C14H14O2S2. The van der Waals surface area contributed by atoms with Crippen molar-refractivity contribution in [3.05, 3.63) is 40.6 Å². The highest BCUT2D eigenvalue weighted by molar-refractivity contribution is 7.99. The monoisotopic (exact) mass is 278 g/mol. The van der Waals surface area contributed by atoms with Gasteiger partial charge in [0.15, 0.2) is 0 Å². The fourth-order valence-corrected chi connectivity index (χ4v) is 3.19. The number of hydrogen-bond acceptors (Lipinski definition) is 3. The number of hydrogen-bond donors (Lipinski definition) is 1. The average molecular weight is 278 g/mol. The van der Waals surface area contributed by atoms with Crippen molar-refractivity contribution in [1.29, 1.82) is 0 Å². The van der Waals surface area contributed by atoms with Crippen molar-refractivity contribution >= 4 is 29.1 Å². The lowest BCUT2D eigenvalue weighted by atomic mass is 10.1. The summed E-state index contributed by atoms with van der Waals surface area (Å²) in [5.41, 5.74) is 2.03. The first-order valence-corrected chi connectivity index (χ1v) is 7.41. The van der Waals surface area contributed by atoms with E-state index in [1.807, 2.05) is 29.3 Å². The molecule has 0 aliphatic carbocycles. The van der Waals surface area contributed by atoms with Gasteiger partial charge in [0, 0.05) is 10.1 Å². The lowest BCUT2D eigenvalue weighted by molar-refractivity contribution is 0.0702. The van der Waals surface area contributed by atoms with Gasteiger partial charge < -0.3 is 5.11 Å². The maximum Gasteiger partial charge on any atom is 0.345 e. The normalized spacial score (nSPS) is 10.8. The van der Waals surface area contributed by atoms with Crippen LogP contribution in [0.5, 0.6) is 0 Å². The van der Waals surface area contributed by atoms with Crippen LogP contribution in [0.15, 0.2) is 40.6 Å². The van der Waals surface area contributed by atoms with Crippen LogP contribution in [-0.4, -0.2) is 16.3 Å². The standard InChI is InChI=1S/C14H14O2S2/c1-9(2)18-12-5-3-10(4-6-12)11-7-13(14(15)16)17-8-11/h3-9H,1-2H3,(H,15,16). The van der Waals surface area contributed by atoms with Crippen molar-refractivity contribution in [3.8, 4) is 11.1 Å². The van der Waals surface area contributed by atoms with Crippen molar-refractivity contribution < 1.29 is 9.90 Å². The van der Waals surface area contributed by atoms with Crippen molar-refractivity contribution in [1.82, 2.24) is 0 Å². The Kier molecular flexibility index (Phi) is 4.09. The van der Waals surface area contributed by atoms with Crippen LogP contribution in [-0.2, 0) is 0 Å². The fourth-order valence-electron chi connectivity index (χ4n) is 1.60. The Morgan fingerprint density at radius 2 is 1.89 bits per heavy atom. The van der Waals surface area contributed by atoms with Gasteiger partial charge in [0.1, 0.15) is 4.88 Å². The molecule has 0 aliphatic rings. The Morgan fingerprint density at radius 3 is 2.39 bits per heavy atom. The minimum absolute atomic E-state index is 0.380. The zero-order chi connectivity index (χ0) is 13.1. The van der Waals surface area contributed by atoms with Gasteiger partial charge in [-0.05, 0) is 34.7 Å². The SMILES string of the molecule is CC(C)Sc1ccc(-c2csc(C(=O)O)c2)cc1. The van der Waals surface area contributed by atoms with Gasteiger partial charge in [-0.3, -0.25) is 0 Å². The number of carboxylic acids is 1. The van der Waals surface area contributed by atoms with Gasteiger partial charge in [0.05, 0.1) is 0 Å². The second-order valence-corrected chi connectivity index (χ2v) is 6.76. The summed E-state index contributed by atoms with van der Waals surface area (Å²) >= 11 is 3.08. The number of aromatic carboxylic acids is 1. The third-order valence-electron chi connectivity index (χ3n) is 2.37. The number of carbonyl (C=O) groups is 1. The number of carboxylic acid groups (broad SMARTS) is 1. The van der Waals surface area contributed by atoms with Crippen LogP contribution in [0, 0.1) is 0 Å². The molecule has 0 bridgehead atoms. The summed E-state index contributed by atoms with van der Waals surface area (Å²) < 4.78 is 0. The maximum absolute atomic E-state index is 10.8. The van der Waals surface area contributed by atoms with Crippen LogP contribution in [0.4, 0.5) is 0 Å². The van der Waals surface area contributed by atoms with E-state index in [-0.39, 0.29) is 0 Å². The van der Waals surface area contributed by atoms with Gasteiger partial charge in [0.2, 0.25) is 0 Å². The highest BCUT2D eigenvalue weighted by Gasteiger charge is 2.08. The Bertz CT molecular complexity index is 541. The van der Waals surface area contributed by atoms with Crippen molar-refractivity contribution in [2.45, 2.75) is 24.0 Å². The van der Waals surface area contributed by atoms with E-state index in [1.165, 1.54) is 16.2 Å². The van der Waals surface area contributed by atoms with E-state index in [1.54, 1.807) is 6.07 Å². The summed E-state index contributed by atoms with van der Waals surface area (Å²) in [5.74, 6) is -0.863. The zero-order valence-corrected chi connectivity index (χ0v) is 11.8. The van der Waals surface area contributed by atoms with Crippen LogP contribution >= 0.6 is 23.1 Å². The van der Waals surface area contributed by atoms with E-state index in [0.29, 0.717) is 10.1 Å². The molecule has 0 saturated heterocycles. The smallest absolute Gasteiger partial charge is 0.345 e. The van der Waals surface area contributed by atoms with Gasteiger partial charge in [-0.25, -0.2) is 4.79 Å². The maximum atomic E-state index is 10.8. The molecule has 0 aliphatic heterocycles. The Hall–Kier alpha value is -1.26. The van der Waals surface area contributed by atoms with E-state index >= 15 is 0 Å². The van der Waals surface area contributed by atoms with Crippen molar-refractivity contribution in [2.24, 2.45) is 0 Å². The quantitative estimate of drug-likeness (QED) is 0.830. The van der Waals surface area contributed by atoms with E-state index in [4.69, 9.17) is 5.11 Å². The first-order chi connectivity index (χ1) is 8.56. The molecular weight excluding hydrogens is 264 g/mol. The first-order valence-electron chi connectivity index (χ1n) is 5.65. The largest absolute Gasteiger partial charge is 0.477 e. The molecule has 2 nitrogen and oxygen atoms in total. The molecule has 0 fully saturated rings. The van der Waals surface area contributed by atoms with Gasteiger partial charge >= 0.3 is 5.97 Å². The second kappa shape index (κ2) is 5.59. The first kappa shape index (κ1) is 13.2. The molecule has 94 valence electrons. The predicted molar refractivity (Wildman–Crippen MR) is 77.7 cm³/mol. The minimum atomic E-state index is -0.863. The molecule has 0 amide bonds. The molecule has 0 spiro atoms. The summed E-state index contributed by atoms with van der Waals surface area (Å²) in [6.07, 6.45) is 0. The fraction of sp³-hybridized carbons (Fsp3) is 0.214. The van der Waals surface area contributed by atoms with Crippen LogP contribution in [0.3, 0.4) is 0 Å². The van der Waals surface area contributed by atoms with Gasteiger partial charge in [-0.15, -0.1) is 23.1 Å². The van der Waals surface area contributed by atoms with E-state index < -0.39 is 5.97 Å². The Labute approximate surface area is 115 Å². The van der Waals surface area contributed by atoms with E-state index in [0.717, 1.165) is 11.1 Å². The summed E-state index contributed by atoms with van der Waals surface area (Å²) in [6.45, 7) is 4.33. The third kappa shape index (κ3) is 3.15. The number of thiophene rings is 1. The van der Waals surface area contributed by atoms with Crippen LogP contribution in [0.25, 0.3) is 11.1 Å². The van der Waals surface area contributed by atoms with E-state index in [2.05, 4.69) is 26.0 Å². The second-order valence-electron chi connectivity index (χ2n) is 4.20. The molecule has 0 saturated carbocycles. The molecule has 1 N–H and O–H groups in total. The molecule has 0 atom stereocenters. The summed E-state index contributed by atoms with van der Waals surface area (Å²) in [5, 5.41) is 11.3. The molecule has 4 heteroatoms. The highest BCUT2D eigenvalue weighted by Crippen LogP contribution is 2.29. The lowest BCUT2D eigenvalue weighted by Crippen LogP contribution is -1.90. The molecule has 1 heterocycles. The molecule has 1 aromatic heterocycles. The third-order valence-corrected chi connectivity index (χ3v) is 4.30. The molecule has 2 aromatic rings. The van der Waals surface area contributed by atoms with Crippen molar-refractivity contribution in [2.75, 3.05) is 0 Å². The predicted octanol–water partition coefficient (Wildman–Crippen LogP) is 4.61. The molecule has 18 heavy (non-hydrogen) atoms. The van der Waals surface area contributed by atoms with Crippen LogP contribution in [0.2, 0.25) is 0 Å². The van der Waals surface area contributed by atoms with Gasteiger partial charge in [0.25, 0.3) is 0 Å². The number of benzene rings is 1. The van der Waals surface area contributed by atoms with E-state index in [9.17, 15) is 4.79 Å². The highest BCUT2D eigenvalue weighted by atomic mass is 32.2. The minimum Gasteiger partial charge on any atom is -0.477 e. The Morgan fingerprint density at radius 1 is 1.22 bits per heavy atom. The summed E-state index contributed by atoms with van der Waals surface area (Å²) in [7, 11) is 0. The van der Waals surface area contributed by atoms with Crippen molar-refractivity contribution in [3.63, 3.8) is 0 Å². The lowest BCUT2D eigenvalue weighted by Gasteiger charge is -2.05. The number of rotatable bonds is 4. The summed E-state index contributed by atoms with van der Waals surface area (Å²) in [6, 6.07) is 9.96. The van der Waals surface area contributed by atoms with Crippen LogP contribution < -0.4 is 0 Å². The number of thioether (sulfide) groups is 1. The molecule has 0 radical (unpaired) electrons. The van der Waals surface area contributed by atoms with Gasteiger partial charge in [-0.1, -0.05) is 26.0 Å². The zero-order valence-electron chi connectivity index (χ0n) is 10.2. The molecule has 0 unspecified atom stereocenters. The topological polar surface area (TPSA) is 37.3 Å². The van der Waals surface area contributed by atoms with Crippen LogP contribution in [0.1, 0.15) is 23.5 Å². The molecule has 2 rings (SSSR count). The summed E-state index contributed by atoms with van der Waals surface area (Å²) in [4.78, 5) is 12.4. The average Bonchev–Trinajstić information content (AvgIpc) is 2.78. The Balaban J connectivity index is 2.20.